The molecule has 2 aliphatic heterocycles. The molecule has 0 radical (unpaired) electrons. The van der Waals surface area contributed by atoms with Crippen molar-refractivity contribution in [2.24, 2.45) is 0 Å². The van der Waals surface area contributed by atoms with Gasteiger partial charge in [0.05, 0.1) is 5.56 Å². The van der Waals surface area contributed by atoms with Crippen molar-refractivity contribution in [1.82, 2.24) is 20.1 Å². The van der Waals surface area contributed by atoms with Crippen LogP contribution < -0.4 is 5.32 Å². The minimum Gasteiger partial charge on any atom is -0.338 e. The molecule has 7 heteroatoms. The van der Waals surface area contributed by atoms with Crippen molar-refractivity contribution < 1.29 is 9.59 Å². The zero-order chi connectivity index (χ0) is 14.8. The quantitative estimate of drug-likeness (QED) is 0.819. The van der Waals surface area contributed by atoms with Gasteiger partial charge < -0.3 is 15.1 Å². The highest BCUT2D eigenvalue weighted by Crippen LogP contribution is 2.21. The second kappa shape index (κ2) is 6.01. The van der Waals surface area contributed by atoms with Crippen LogP contribution in [-0.4, -0.2) is 58.9 Å². The van der Waals surface area contributed by atoms with Crippen LogP contribution in [0.2, 0.25) is 0 Å². The summed E-state index contributed by atoms with van der Waals surface area (Å²) in [6, 6.07) is 3.81. The number of aromatic nitrogens is 1. The number of carbonyl (C=O) groups is 2. The molecular weight excluding hydrogens is 336 g/mol. The van der Waals surface area contributed by atoms with E-state index < -0.39 is 0 Å². The summed E-state index contributed by atoms with van der Waals surface area (Å²) < 4.78 is 0.580. The van der Waals surface area contributed by atoms with E-state index in [1.807, 2.05) is 9.80 Å². The third kappa shape index (κ3) is 2.88. The Hall–Kier alpha value is -1.63. The molecule has 1 N–H and O–H groups in total. The van der Waals surface area contributed by atoms with Gasteiger partial charge in [-0.3, -0.25) is 4.79 Å². The SMILES string of the molecule is O=C(c1cccnc1Br)N1CCC(N2CCNC2=O)CC1. The number of hydrogen-bond acceptors (Lipinski definition) is 3. The molecule has 0 unspecified atom stereocenters. The number of hydrogen-bond donors (Lipinski definition) is 1. The van der Waals surface area contributed by atoms with Gasteiger partial charge in [-0.05, 0) is 40.9 Å². The molecule has 21 heavy (non-hydrogen) atoms. The van der Waals surface area contributed by atoms with Crippen LogP contribution in [0.15, 0.2) is 22.9 Å². The van der Waals surface area contributed by atoms with Gasteiger partial charge in [-0.2, -0.15) is 0 Å². The molecule has 0 atom stereocenters. The number of halogens is 1. The summed E-state index contributed by atoms with van der Waals surface area (Å²) in [4.78, 5) is 32.0. The van der Waals surface area contributed by atoms with Crippen molar-refractivity contribution in [2.75, 3.05) is 26.2 Å². The highest BCUT2D eigenvalue weighted by atomic mass is 79.9. The maximum atomic E-state index is 12.5. The van der Waals surface area contributed by atoms with Crippen LogP contribution in [0.1, 0.15) is 23.2 Å². The lowest BCUT2D eigenvalue weighted by Crippen LogP contribution is -2.47. The summed E-state index contributed by atoms with van der Waals surface area (Å²) in [5.74, 6) is -0.000650. The molecule has 2 saturated heterocycles. The number of amides is 3. The van der Waals surface area contributed by atoms with E-state index >= 15 is 0 Å². The smallest absolute Gasteiger partial charge is 0.317 e. The fraction of sp³-hybridized carbons (Fsp3) is 0.500. The van der Waals surface area contributed by atoms with Gasteiger partial charge in [0.25, 0.3) is 5.91 Å². The number of likely N-dealkylation sites (tertiary alicyclic amines) is 1. The summed E-state index contributed by atoms with van der Waals surface area (Å²) >= 11 is 3.32. The van der Waals surface area contributed by atoms with Gasteiger partial charge in [0, 0.05) is 38.4 Å². The molecule has 3 rings (SSSR count). The summed E-state index contributed by atoms with van der Waals surface area (Å²) in [7, 11) is 0. The molecule has 1 aromatic heterocycles. The van der Waals surface area contributed by atoms with Crippen LogP contribution in [0.5, 0.6) is 0 Å². The molecule has 0 spiro atoms. The lowest BCUT2D eigenvalue weighted by atomic mass is 10.0. The van der Waals surface area contributed by atoms with E-state index in [2.05, 4.69) is 26.2 Å². The van der Waals surface area contributed by atoms with Crippen LogP contribution in [0.25, 0.3) is 0 Å². The largest absolute Gasteiger partial charge is 0.338 e. The second-order valence-corrected chi connectivity index (χ2v) is 6.04. The minimum atomic E-state index is -0.000650. The Bertz CT molecular complexity index is 558. The average Bonchev–Trinajstić information content (AvgIpc) is 2.93. The van der Waals surface area contributed by atoms with E-state index in [0.29, 0.717) is 23.3 Å². The number of urea groups is 1. The number of carbonyl (C=O) groups excluding carboxylic acids is 2. The summed E-state index contributed by atoms with van der Waals surface area (Å²) in [6.07, 6.45) is 3.31. The third-order valence-electron chi connectivity index (χ3n) is 4.07. The molecular formula is C14H17BrN4O2. The van der Waals surface area contributed by atoms with Crippen LogP contribution in [0.4, 0.5) is 4.79 Å². The molecule has 0 aliphatic carbocycles. The Balaban J connectivity index is 1.62. The molecule has 2 fully saturated rings. The van der Waals surface area contributed by atoms with E-state index in [1.165, 1.54) is 0 Å². The Labute approximate surface area is 131 Å². The first-order valence-corrected chi connectivity index (χ1v) is 7.90. The van der Waals surface area contributed by atoms with Gasteiger partial charge in [-0.1, -0.05) is 0 Å². The zero-order valence-electron chi connectivity index (χ0n) is 11.6. The van der Waals surface area contributed by atoms with Crippen LogP contribution in [0, 0.1) is 0 Å². The van der Waals surface area contributed by atoms with Crippen LogP contribution >= 0.6 is 15.9 Å². The predicted octanol–water partition coefficient (Wildman–Crippen LogP) is 1.47. The summed E-state index contributed by atoms with van der Waals surface area (Å²) in [6.45, 7) is 2.84. The second-order valence-electron chi connectivity index (χ2n) is 5.29. The maximum absolute atomic E-state index is 12.5. The molecule has 6 nitrogen and oxygen atoms in total. The molecule has 0 aromatic carbocycles. The monoisotopic (exact) mass is 352 g/mol. The van der Waals surface area contributed by atoms with Gasteiger partial charge in [0.2, 0.25) is 0 Å². The lowest BCUT2D eigenvalue weighted by Gasteiger charge is -2.36. The topological polar surface area (TPSA) is 65.5 Å². The Morgan fingerprint density at radius 2 is 2.10 bits per heavy atom. The van der Waals surface area contributed by atoms with Crippen LogP contribution in [-0.2, 0) is 0 Å². The summed E-state index contributed by atoms with van der Waals surface area (Å²) in [5, 5.41) is 2.83. The molecule has 112 valence electrons. The fourth-order valence-electron chi connectivity index (χ4n) is 2.93. The highest BCUT2D eigenvalue weighted by Gasteiger charge is 2.32. The number of nitrogens with one attached hydrogen (secondary N) is 1. The van der Waals surface area contributed by atoms with E-state index in [9.17, 15) is 9.59 Å². The van der Waals surface area contributed by atoms with E-state index in [1.54, 1.807) is 18.3 Å². The van der Waals surface area contributed by atoms with Crippen molar-refractivity contribution >= 4 is 27.9 Å². The van der Waals surface area contributed by atoms with Gasteiger partial charge in [-0.25, -0.2) is 9.78 Å². The minimum absolute atomic E-state index is 0.000650. The first-order valence-electron chi connectivity index (χ1n) is 7.11. The molecule has 0 saturated carbocycles. The van der Waals surface area contributed by atoms with Gasteiger partial charge >= 0.3 is 6.03 Å². The van der Waals surface area contributed by atoms with Gasteiger partial charge in [0.15, 0.2) is 0 Å². The molecule has 3 amide bonds. The molecule has 1 aromatic rings. The van der Waals surface area contributed by atoms with Crippen molar-refractivity contribution in [1.29, 1.82) is 0 Å². The molecule has 0 bridgehead atoms. The van der Waals surface area contributed by atoms with Crippen LogP contribution in [0.3, 0.4) is 0 Å². The van der Waals surface area contributed by atoms with Crippen molar-refractivity contribution in [2.45, 2.75) is 18.9 Å². The van der Waals surface area contributed by atoms with Crippen molar-refractivity contribution in [3.63, 3.8) is 0 Å². The number of pyridine rings is 1. The van der Waals surface area contributed by atoms with E-state index in [-0.39, 0.29) is 18.0 Å². The average molecular weight is 353 g/mol. The Kier molecular flexibility index (Phi) is 4.10. The lowest BCUT2D eigenvalue weighted by molar-refractivity contribution is 0.0664. The number of rotatable bonds is 2. The standard InChI is InChI=1S/C14H17BrN4O2/c15-12-11(2-1-5-16-12)13(20)18-7-3-10(4-8-18)19-9-6-17-14(19)21/h1-2,5,10H,3-4,6-9H2,(H,17,21). The van der Waals surface area contributed by atoms with E-state index in [4.69, 9.17) is 0 Å². The van der Waals surface area contributed by atoms with Crippen molar-refractivity contribution in [3.8, 4) is 0 Å². The predicted molar refractivity (Wildman–Crippen MR) is 81.0 cm³/mol. The maximum Gasteiger partial charge on any atom is 0.317 e. The highest BCUT2D eigenvalue weighted by molar-refractivity contribution is 9.10. The Morgan fingerprint density at radius 1 is 1.33 bits per heavy atom. The van der Waals surface area contributed by atoms with Gasteiger partial charge in [-0.15, -0.1) is 0 Å². The number of piperidine rings is 1. The Morgan fingerprint density at radius 3 is 2.71 bits per heavy atom. The first kappa shape index (κ1) is 14.3. The zero-order valence-corrected chi connectivity index (χ0v) is 13.2. The van der Waals surface area contributed by atoms with Crippen molar-refractivity contribution in [3.05, 3.63) is 28.5 Å². The van der Waals surface area contributed by atoms with Gasteiger partial charge in [0.1, 0.15) is 4.60 Å². The normalized spacial score (nSPS) is 19.8. The first-order chi connectivity index (χ1) is 10.2. The number of nitrogens with zero attached hydrogens (tertiary/aromatic N) is 3. The molecule has 2 aliphatic rings. The fourth-order valence-corrected chi connectivity index (χ4v) is 3.35. The molecule has 3 heterocycles. The van der Waals surface area contributed by atoms with E-state index in [0.717, 1.165) is 25.9 Å². The third-order valence-corrected chi connectivity index (χ3v) is 4.70. The summed E-state index contributed by atoms with van der Waals surface area (Å²) in [5.41, 5.74) is 0.592.